The van der Waals surface area contributed by atoms with Gasteiger partial charge in [-0.05, 0) is 24.3 Å². The predicted octanol–water partition coefficient (Wildman–Crippen LogP) is 2.67. The van der Waals surface area contributed by atoms with Gasteiger partial charge in [0.1, 0.15) is 5.71 Å². The highest BCUT2D eigenvalue weighted by Gasteiger charge is 2.64. The Bertz CT molecular complexity index is 1210. The Morgan fingerprint density at radius 2 is 1.47 bits per heavy atom. The standard InChI is InChI=1S/C21H11F3N2O4/c22-18-19(26-11-7-5-10(9-25)6-8-11)21(24,30)15-14(20(18,23)29)16(27)12-3-1-2-4-13(12)17(15)28/h1-8,18,29-30H. The first-order valence-corrected chi connectivity index (χ1v) is 8.60. The average Bonchev–Trinajstić information content (AvgIpc) is 2.73. The van der Waals surface area contributed by atoms with Crippen LogP contribution in [0.4, 0.5) is 18.9 Å². The fraction of sp³-hybridized carbons (Fsp3) is 0.143. The number of aliphatic hydroxyl groups is 2. The third-order valence-electron chi connectivity index (χ3n) is 4.96. The lowest BCUT2D eigenvalue weighted by atomic mass is 9.71. The zero-order valence-electron chi connectivity index (χ0n) is 14.9. The summed E-state index contributed by atoms with van der Waals surface area (Å²) in [5.41, 5.74) is -5.11. The molecule has 2 aliphatic carbocycles. The van der Waals surface area contributed by atoms with Crippen LogP contribution in [0.15, 0.2) is 64.7 Å². The minimum absolute atomic E-state index is 0.183. The molecule has 0 heterocycles. The van der Waals surface area contributed by atoms with Gasteiger partial charge in [0.2, 0.25) is 6.17 Å². The quantitative estimate of drug-likeness (QED) is 0.748. The Balaban J connectivity index is 1.95. The molecule has 9 heteroatoms. The molecule has 150 valence electrons. The number of hydrogen-bond donors (Lipinski definition) is 2. The van der Waals surface area contributed by atoms with Crippen LogP contribution in [0.2, 0.25) is 0 Å². The average molecular weight is 412 g/mol. The zero-order chi connectivity index (χ0) is 21.8. The molecule has 2 N–H and O–H groups in total. The van der Waals surface area contributed by atoms with Crippen LogP contribution in [-0.4, -0.2) is 45.4 Å². The van der Waals surface area contributed by atoms with Crippen LogP contribution in [0.25, 0.3) is 0 Å². The number of halogens is 3. The number of nitrogens with zero attached hydrogens (tertiary/aromatic N) is 2. The van der Waals surface area contributed by atoms with Gasteiger partial charge in [0.25, 0.3) is 11.7 Å². The first kappa shape index (κ1) is 19.7. The van der Waals surface area contributed by atoms with E-state index < -0.39 is 46.3 Å². The summed E-state index contributed by atoms with van der Waals surface area (Å²) in [6.07, 6.45) is -3.29. The van der Waals surface area contributed by atoms with E-state index in [4.69, 9.17) is 5.26 Å². The first-order valence-electron chi connectivity index (χ1n) is 8.60. The number of benzene rings is 2. The van der Waals surface area contributed by atoms with Crippen molar-refractivity contribution in [1.29, 1.82) is 5.26 Å². The molecular formula is C21H11F3N2O4. The maximum Gasteiger partial charge on any atom is 0.280 e. The van der Waals surface area contributed by atoms with Crippen LogP contribution in [0.3, 0.4) is 0 Å². The second kappa shape index (κ2) is 6.45. The number of nitriles is 1. The smallest absolute Gasteiger partial charge is 0.280 e. The Morgan fingerprint density at radius 3 is 2.00 bits per heavy atom. The van der Waals surface area contributed by atoms with Crippen LogP contribution in [0.1, 0.15) is 26.3 Å². The van der Waals surface area contributed by atoms with E-state index in [1.807, 2.05) is 6.07 Å². The van der Waals surface area contributed by atoms with Gasteiger partial charge in [-0.3, -0.25) is 9.59 Å². The topological polar surface area (TPSA) is 111 Å². The van der Waals surface area contributed by atoms with E-state index in [1.54, 1.807) is 0 Å². The molecule has 0 fully saturated rings. The monoisotopic (exact) mass is 412 g/mol. The fourth-order valence-corrected chi connectivity index (χ4v) is 3.51. The van der Waals surface area contributed by atoms with Crippen molar-refractivity contribution in [1.82, 2.24) is 0 Å². The third kappa shape index (κ3) is 2.62. The Morgan fingerprint density at radius 1 is 0.933 bits per heavy atom. The predicted molar refractivity (Wildman–Crippen MR) is 97.4 cm³/mol. The maximum absolute atomic E-state index is 15.4. The Labute approximate surface area is 167 Å². The number of alkyl halides is 3. The lowest BCUT2D eigenvalue weighted by Gasteiger charge is -2.40. The molecule has 0 aliphatic heterocycles. The molecule has 3 unspecified atom stereocenters. The largest absolute Gasteiger partial charge is 0.355 e. The molecule has 0 bridgehead atoms. The number of ketones is 2. The fourth-order valence-electron chi connectivity index (χ4n) is 3.51. The van der Waals surface area contributed by atoms with Crippen LogP contribution in [-0.2, 0) is 0 Å². The van der Waals surface area contributed by atoms with Gasteiger partial charge in [0, 0.05) is 11.1 Å². The molecule has 4 rings (SSSR count). The van der Waals surface area contributed by atoms with Crippen molar-refractivity contribution < 1.29 is 33.0 Å². The molecule has 3 atom stereocenters. The van der Waals surface area contributed by atoms with Crippen LogP contribution >= 0.6 is 0 Å². The van der Waals surface area contributed by atoms with Gasteiger partial charge in [0.15, 0.2) is 11.6 Å². The molecular weight excluding hydrogens is 401 g/mol. The van der Waals surface area contributed by atoms with Crippen molar-refractivity contribution in [2.45, 2.75) is 17.9 Å². The highest BCUT2D eigenvalue weighted by molar-refractivity contribution is 6.31. The Hall–Kier alpha value is -3.61. The van der Waals surface area contributed by atoms with Gasteiger partial charge >= 0.3 is 0 Å². The highest BCUT2D eigenvalue weighted by Crippen LogP contribution is 2.47. The van der Waals surface area contributed by atoms with Gasteiger partial charge < -0.3 is 10.2 Å². The number of rotatable bonds is 1. The Kier molecular flexibility index (Phi) is 4.23. The van der Waals surface area contributed by atoms with Crippen molar-refractivity contribution in [3.8, 4) is 6.07 Å². The van der Waals surface area contributed by atoms with Gasteiger partial charge in [0.05, 0.1) is 28.5 Å². The molecule has 6 nitrogen and oxygen atoms in total. The summed E-state index contributed by atoms with van der Waals surface area (Å²) < 4.78 is 45.4. The minimum atomic E-state index is -4.11. The highest BCUT2D eigenvalue weighted by atomic mass is 19.2. The summed E-state index contributed by atoms with van der Waals surface area (Å²) in [5.74, 6) is -10.7. The summed E-state index contributed by atoms with van der Waals surface area (Å²) in [5, 5.41) is 29.4. The maximum atomic E-state index is 15.4. The van der Waals surface area contributed by atoms with Crippen molar-refractivity contribution >= 4 is 23.0 Å². The van der Waals surface area contributed by atoms with E-state index in [1.165, 1.54) is 36.4 Å². The van der Waals surface area contributed by atoms with Crippen molar-refractivity contribution in [2.24, 2.45) is 4.99 Å². The lowest BCUT2D eigenvalue weighted by molar-refractivity contribution is -0.108. The molecule has 0 radical (unpaired) electrons. The van der Waals surface area contributed by atoms with E-state index in [0.717, 1.165) is 12.1 Å². The second-order valence-corrected chi connectivity index (χ2v) is 6.77. The molecule has 0 spiro atoms. The normalized spacial score (nSPS) is 29.5. The molecule has 2 aromatic rings. The first-order chi connectivity index (χ1) is 14.1. The van der Waals surface area contributed by atoms with E-state index in [-0.39, 0.29) is 22.4 Å². The van der Waals surface area contributed by atoms with Crippen molar-refractivity contribution in [3.63, 3.8) is 0 Å². The van der Waals surface area contributed by atoms with E-state index in [0.29, 0.717) is 0 Å². The summed E-state index contributed by atoms with van der Waals surface area (Å²) in [7, 11) is 0. The molecule has 0 saturated carbocycles. The number of aliphatic imine (C=N–C) groups is 1. The van der Waals surface area contributed by atoms with E-state index in [2.05, 4.69) is 4.99 Å². The molecule has 2 aromatic carbocycles. The third-order valence-corrected chi connectivity index (χ3v) is 4.96. The summed E-state index contributed by atoms with van der Waals surface area (Å²) in [6, 6.07) is 11.7. The number of Topliss-reactive ketones (excluding diaryl/α,β-unsaturated/α-hetero) is 2. The molecule has 30 heavy (non-hydrogen) atoms. The number of carbonyl (C=O) groups is 2. The minimum Gasteiger partial charge on any atom is -0.355 e. The van der Waals surface area contributed by atoms with E-state index >= 15 is 8.78 Å². The number of hydrogen-bond acceptors (Lipinski definition) is 6. The summed E-state index contributed by atoms with van der Waals surface area (Å²) in [4.78, 5) is 29.0. The SMILES string of the molecule is N#Cc1ccc(N=C2C(F)C(O)(F)C3=C(C(=O)c4ccccc4C3=O)C2(O)F)cc1. The molecule has 0 aromatic heterocycles. The second-order valence-electron chi connectivity index (χ2n) is 6.77. The van der Waals surface area contributed by atoms with Crippen LogP contribution in [0, 0.1) is 11.3 Å². The summed E-state index contributed by atoms with van der Waals surface area (Å²) >= 11 is 0. The molecule has 0 saturated heterocycles. The van der Waals surface area contributed by atoms with Crippen LogP contribution in [0.5, 0.6) is 0 Å². The zero-order valence-corrected chi connectivity index (χ0v) is 14.9. The van der Waals surface area contributed by atoms with Crippen molar-refractivity contribution in [3.05, 3.63) is 76.4 Å². The summed E-state index contributed by atoms with van der Waals surface area (Å²) in [6.45, 7) is 0. The van der Waals surface area contributed by atoms with Crippen molar-refractivity contribution in [2.75, 3.05) is 0 Å². The van der Waals surface area contributed by atoms with Gasteiger partial charge in [-0.15, -0.1) is 0 Å². The van der Waals surface area contributed by atoms with Gasteiger partial charge in [-0.1, -0.05) is 24.3 Å². The molecule has 2 aliphatic rings. The van der Waals surface area contributed by atoms with Crippen LogP contribution < -0.4 is 0 Å². The van der Waals surface area contributed by atoms with Gasteiger partial charge in [-0.2, -0.15) is 9.65 Å². The molecule has 0 amide bonds. The number of fused-ring (bicyclic) bond motifs is 1. The lowest BCUT2D eigenvalue weighted by Crippen LogP contribution is -2.60. The van der Waals surface area contributed by atoms with E-state index in [9.17, 15) is 24.2 Å². The number of carbonyl (C=O) groups excluding carboxylic acids is 2. The van der Waals surface area contributed by atoms with Gasteiger partial charge in [-0.25, -0.2) is 13.8 Å².